The van der Waals surface area contributed by atoms with Gasteiger partial charge in [0.2, 0.25) is 5.91 Å². The minimum Gasteiger partial charge on any atom is -0.351 e. The Hall–Kier alpha value is -0.830. The molecule has 2 nitrogen and oxygen atoms in total. The fourth-order valence-electron chi connectivity index (χ4n) is 5.26. The van der Waals surface area contributed by atoms with Crippen LogP contribution in [0.5, 0.6) is 0 Å². The first-order valence-electron chi connectivity index (χ1n) is 8.07. The standard InChI is InChI=1S/C17H23NOS/c19-17(18-10-15-2-1-3-20-15)9-16-13-5-11-4-12(7-13)8-14(16)6-11/h1-3,11-14,16H,4-10H2,(H,18,19). The largest absolute Gasteiger partial charge is 0.351 e. The van der Waals surface area contributed by atoms with Crippen molar-refractivity contribution in [3.8, 4) is 0 Å². The normalized spacial score (nSPS) is 38.1. The lowest BCUT2D eigenvalue weighted by molar-refractivity contribution is -0.126. The Morgan fingerprint density at radius 2 is 1.85 bits per heavy atom. The first-order chi connectivity index (χ1) is 9.78. The van der Waals surface area contributed by atoms with Crippen molar-refractivity contribution in [3.05, 3.63) is 22.4 Å². The van der Waals surface area contributed by atoms with Gasteiger partial charge in [-0.25, -0.2) is 0 Å². The van der Waals surface area contributed by atoms with E-state index in [1.165, 1.54) is 37.0 Å². The van der Waals surface area contributed by atoms with Crippen LogP contribution in [0, 0.1) is 29.6 Å². The summed E-state index contributed by atoms with van der Waals surface area (Å²) in [5, 5.41) is 5.18. The molecule has 4 saturated carbocycles. The molecule has 0 unspecified atom stereocenters. The van der Waals surface area contributed by atoms with Crippen LogP contribution in [0.25, 0.3) is 0 Å². The highest BCUT2D eigenvalue weighted by molar-refractivity contribution is 7.09. The summed E-state index contributed by atoms with van der Waals surface area (Å²) in [5.41, 5.74) is 0. The van der Waals surface area contributed by atoms with Crippen LogP contribution in [-0.4, -0.2) is 5.91 Å². The Labute approximate surface area is 125 Å². The van der Waals surface area contributed by atoms with Gasteiger partial charge in [-0.15, -0.1) is 11.3 Å². The fourth-order valence-corrected chi connectivity index (χ4v) is 5.90. The number of hydrogen-bond acceptors (Lipinski definition) is 2. The molecule has 1 heterocycles. The maximum Gasteiger partial charge on any atom is 0.220 e. The predicted molar refractivity (Wildman–Crippen MR) is 81.3 cm³/mol. The quantitative estimate of drug-likeness (QED) is 0.897. The van der Waals surface area contributed by atoms with Crippen molar-refractivity contribution < 1.29 is 4.79 Å². The van der Waals surface area contributed by atoms with Crippen molar-refractivity contribution in [3.63, 3.8) is 0 Å². The van der Waals surface area contributed by atoms with E-state index in [9.17, 15) is 4.79 Å². The van der Waals surface area contributed by atoms with E-state index in [4.69, 9.17) is 0 Å². The van der Waals surface area contributed by atoms with Crippen LogP contribution in [0.4, 0.5) is 0 Å². The number of hydrogen-bond donors (Lipinski definition) is 1. The summed E-state index contributed by atoms with van der Waals surface area (Å²) in [6, 6.07) is 4.14. The van der Waals surface area contributed by atoms with E-state index in [-0.39, 0.29) is 5.91 Å². The second kappa shape index (κ2) is 5.18. The minimum absolute atomic E-state index is 0.274. The molecule has 1 amide bonds. The number of rotatable bonds is 4. The Kier molecular flexibility index (Phi) is 3.33. The van der Waals surface area contributed by atoms with E-state index >= 15 is 0 Å². The zero-order valence-corrected chi connectivity index (χ0v) is 12.7. The van der Waals surface area contributed by atoms with Crippen molar-refractivity contribution in [1.82, 2.24) is 5.32 Å². The van der Waals surface area contributed by atoms with E-state index in [1.54, 1.807) is 11.3 Å². The van der Waals surface area contributed by atoms with Gasteiger partial charge in [0.1, 0.15) is 0 Å². The maximum atomic E-state index is 12.2. The number of thiophene rings is 1. The number of carbonyl (C=O) groups is 1. The first-order valence-corrected chi connectivity index (χ1v) is 8.95. The molecule has 4 bridgehead atoms. The molecule has 4 fully saturated rings. The first kappa shape index (κ1) is 12.9. The lowest BCUT2D eigenvalue weighted by Gasteiger charge is -2.54. The van der Waals surface area contributed by atoms with Gasteiger partial charge in [-0.1, -0.05) is 6.07 Å². The molecule has 0 saturated heterocycles. The summed E-state index contributed by atoms with van der Waals surface area (Å²) in [5.74, 6) is 4.69. The molecule has 4 aliphatic rings. The Morgan fingerprint density at radius 3 is 2.45 bits per heavy atom. The molecule has 5 rings (SSSR count). The summed E-state index contributed by atoms with van der Waals surface area (Å²) in [7, 11) is 0. The summed E-state index contributed by atoms with van der Waals surface area (Å²) in [6.07, 6.45) is 7.92. The Bertz CT molecular complexity index is 453. The van der Waals surface area contributed by atoms with Gasteiger partial charge in [-0.3, -0.25) is 4.79 Å². The second-order valence-corrected chi connectivity index (χ2v) is 8.19. The monoisotopic (exact) mass is 289 g/mol. The average Bonchev–Trinajstić information content (AvgIpc) is 2.93. The van der Waals surface area contributed by atoms with E-state index in [0.717, 1.165) is 30.1 Å². The smallest absolute Gasteiger partial charge is 0.220 e. The van der Waals surface area contributed by atoms with E-state index in [0.29, 0.717) is 12.5 Å². The molecular weight excluding hydrogens is 266 g/mol. The van der Waals surface area contributed by atoms with Crippen molar-refractivity contribution in [1.29, 1.82) is 0 Å². The summed E-state index contributed by atoms with van der Waals surface area (Å²) >= 11 is 1.72. The molecule has 0 spiro atoms. The van der Waals surface area contributed by atoms with Crippen molar-refractivity contribution in [2.45, 2.75) is 45.1 Å². The SMILES string of the molecule is O=C(CC1C2CC3CC(C2)CC1C3)NCc1cccs1. The van der Waals surface area contributed by atoms with Gasteiger partial charge < -0.3 is 5.32 Å². The molecule has 108 valence electrons. The van der Waals surface area contributed by atoms with Gasteiger partial charge in [0.15, 0.2) is 0 Å². The lowest BCUT2D eigenvalue weighted by Crippen LogP contribution is -2.46. The molecule has 1 aromatic heterocycles. The van der Waals surface area contributed by atoms with Crippen LogP contribution in [0.3, 0.4) is 0 Å². The van der Waals surface area contributed by atoms with Crippen LogP contribution < -0.4 is 5.32 Å². The van der Waals surface area contributed by atoms with Gasteiger partial charge in [-0.05, 0) is 73.1 Å². The minimum atomic E-state index is 0.274. The highest BCUT2D eigenvalue weighted by atomic mass is 32.1. The van der Waals surface area contributed by atoms with Crippen LogP contribution in [0.1, 0.15) is 43.4 Å². The zero-order chi connectivity index (χ0) is 13.5. The maximum absolute atomic E-state index is 12.2. The van der Waals surface area contributed by atoms with E-state index < -0.39 is 0 Å². The molecule has 0 radical (unpaired) electrons. The van der Waals surface area contributed by atoms with Crippen LogP contribution >= 0.6 is 11.3 Å². The molecular formula is C17H23NOS. The molecule has 0 aliphatic heterocycles. The summed E-state index contributed by atoms with van der Waals surface area (Å²) in [4.78, 5) is 13.5. The fraction of sp³-hybridized carbons (Fsp3) is 0.706. The van der Waals surface area contributed by atoms with Crippen molar-refractivity contribution >= 4 is 17.2 Å². The second-order valence-electron chi connectivity index (χ2n) is 7.15. The molecule has 3 heteroatoms. The molecule has 0 atom stereocenters. The van der Waals surface area contributed by atoms with Gasteiger partial charge in [0.25, 0.3) is 0 Å². The molecule has 4 aliphatic carbocycles. The van der Waals surface area contributed by atoms with Crippen LogP contribution in [0.2, 0.25) is 0 Å². The third kappa shape index (κ3) is 2.41. The van der Waals surface area contributed by atoms with Crippen molar-refractivity contribution in [2.24, 2.45) is 29.6 Å². The number of nitrogens with one attached hydrogen (secondary N) is 1. The van der Waals surface area contributed by atoms with E-state index in [1.807, 2.05) is 6.07 Å². The topological polar surface area (TPSA) is 29.1 Å². The molecule has 20 heavy (non-hydrogen) atoms. The predicted octanol–water partition coefficient (Wildman–Crippen LogP) is 3.83. The average molecular weight is 289 g/mol. The number of amides is 1. The summed E-state index contributed by atoms with van der Waals surface area (Å²) < 4.78 is 0. The van der Waals surface area contributed by atoms with Gasteiger partial charge >= 0.3 is 0 Å². The molecule has 1 aromatic rings. The molecule has 0 aromatic carbocycles. The van der Waals surface area contributed by atoms with E-state index in [2.05, 4.69) is 16.8 Å². The van der Waals surface area contributed by atoms with Gasteiger partial charge in [0.05, 0.1) is 6.54 Å². The highest BCUT2D eigenvalue weighted by Crippen LogP contribution is 2.57. The van der Waals surface area contributed by atoms with Crippen LogP contribution in [0.15, 0.2) is 17.5 Å². The van der Waals surface area contributed by atoms with Crippen LogP contribution in [-0.2, 0) is 11.3 Å². The van der Waals surface area contributed by atoms with Gasteiger partial charge in [0, 0.05) is 11.3 Å². The molecule has 1 N–H and O–H groups in total. The third-order valence-corrected chi connectivity index (χ3v) is 6.76. The zero-order valence-electron chi connectivity index (χ0n) is 11.9. The third-order valence-electron chi connectivity index (χ3n) is 5.88. The summed E-state index contributed by atoms with van der Waals surface area (Å²) in [6.45, 7) is 0.712. The Morgan fingerprint density at radius 1 is 1.15 bits per heavy atom. The van der Waals surface area contributed by atoms with Crippen molar-refractivity contribution in [2.75, 3.05) is 0 Å². The lowest BCUT2D eigenvalue weighted by atomic mass is 9.51. The highest BCUT2D eigenvalue weighted by Gasteiger charge is 2.48. The number of carbonyl (C=O) groups excluding carboxylic acids is 1. The van der Waals surface area contributed by atoms with Gasteiger partial charge in [-0.2, -0.15) is 0 Å². The Balaban J connectivity index is 1.33.